The van der Waals surface area contributed by atoms with Crippen molar-refractivity contribution < 1.29 is 34.2 Å². The van der Waals surface area contributed by atoms with Gasteiger partial charge in [0.1, 0.15) is 11.4 Å². The van der Waals surface area contributed by atoms with Crippen LogP contribution in [0.4, 0.5) is 5.13 Å². The number of fused-ring (bicyclic) bond motifs is 1. The van der Waals surface area contributed by atoms with Crippen LogP contribution in [0.1, 0.15) is 19.5 Å². The van der Waals surface area contributed by atoms with E-state index < -0.39 is 18.5 Å². The topological polar surface area (TPSA) is 172 Å². The quantitative estimate of drug-likeness (QED) is 0.300. The van der Waals surface area contributed by atoms with Gasteiger partial charge in [-0.05, 0) is 5.57 Å². The van der Waals surface area contributed by atoms with Gasteiger partial charge in [0.2, 0.25) is 12.5 Å². The first-order valence-electron chi connectivity index (χ1n) is 8.76. The highest BCUT2D eigenvalue weighted by atomic mass is 32.2. The normalized spacial score (nSPS) is 20.1. The van der Waals surface area contributed by atoms with Crippen LogP contribution in [0.3, 0.4) is 0 Å². The Morgan fingerprint density at radius 3 is 2.61 bits per heavy atom. The monoisotopic (exact) mass is 468 g/mol. The number of allylic oxidation sites excluding steroid dienone is 1. The molecule has 0 radical (unpaired) electrons. The highest BCUT2D eigenvalue weighted by Crippen LogP contribution is 2.43. The number of Topliss-reactive ketones (excluding diaryl/α,β-unsaturated/α-hetero) is 1. The Labute approximate surface area is 185 Å². The number of nitrogens with zero attached hydrogens (tertiary/aromatic N) is 3. The summed E-state index contributed by atoms with van der Waals surface area (Å²) in [6.45, 7) is 6.06. The molecule has 1 amide bonds. The number of aliphatic carboxylic acids is 2. The summed E-state index contributed by atoms with van der Waals surface area (Å²) in [6.07, 6.45) is 1.52. The Morgan fingerprint density at radius 2 is 2.13 bits per heavy atom. The predicted molar refractivity (Wildman–Crippen MR) is 114 cm³/mol. The molecular weight excluding hydrogens is 448 g/mol. The summed E-state index contributed by atoms with van der Waals surface area (Å²) in [6, 6.07) is 0. The fourth-order valence-corrected chi connectivity index (χ4v) is 4.61. The lowest BCUT2D eigenvalue weighted by Gasteiger charge is -2.48. The number of nitrogens with two attached hydrogens (primary N) is 1. The van der Waals surface area contributed by atoms with Crippen molar-refractivity contribution >= 4 is 57.6 Å². The summed E-state index contributed by atoms with van der Waals surface area (Å²) in [5, 5.41) is 22.6. The van der Waals surface area contributed by atoms with E-state index in [1.807, 2.05) is 6.92 Å². The molecule has 2 aliphatic heterocycles. The van der Waals surface area contributed by atoms with Crippen LogP contribution in [-0.2, 0) is 24.0 Å². The van der Waals surface area contributed by atoms with Crippen molar-refractivity contribution in [3.63, 3.8) is 0 Å². The van der Waals surface area contributed by atoms with Crippen LogP contribution in [0.2, 0.25) is 0 Å². The van der Waals surface area contributed by atoms with Crippen LogP contribution >= 0.6 is 23.1 Å². The second-order valence-corrected chi connectivity index (χ2v) is 8.31. The number of anilines is 1. The maximum absolute atomic E-state index is 11.6. The van der Waals surface area contributed by atoms with Gasteiger partial charge < -0.3 is 20.8 Å². The highest BCUT2D eigenvalue weighted by Gasteiger charge is 2.50. The zero-order chi connectivity index (χ0) is 23.3. The average Bonchev–Trinajstić information content (AvgIpc) is 3.15. The molecule has 0 saturated carbocycles. The number of hydrogen-bond donors (Lipinski definition) is 3. The SMILES string of the molecule is C=CC1=C(C(=O)O)N2C(=O)C(C)C2SC1.CC(=O)/C(=N\OCC(=O)O)c1csc(N)n1. The number of nitrogen functional groups attached to an aromatic ring is 1. The van der Waals surface area contributed by atoms with Gasteiger partial charge in [0.05, 0.1) is 11.3 Å². The summed E-state index contributed by atoms with van der Waals surface area (Å²) in [5.74, 6) is -2.17. The van der Waals surface area contributed by atoms with Gasteiger partial charge in [-0.15, -0.1) is 23.1 Å². The number of carbonyl (C=O) groups is 4. The molecule has 2 aliphatic rings. The lowest BCUT2D eigenvalue weighted by atomic mass is 9.98. The number of β-lactam (4-membered cyclic amide) rings is 1. The molecule has 3 rings (SSSR count). The summed E-state index contributed by atoms with van der Waals surface area (Å²) >= 11 is 2.74. The second kappa shape index (κ2) is 10.2. The van der Waals surface area contributed by atoms with E-state index in [9.17, 15) is 19.2 Å². The van der Waals surface area contributed by atoms with Gasteiger partial charge in [-0.25, -0.2) is 14.6 Å². The summed E-state index contributed by atoms with van der Waals surface area (Å²) in [7, 11) is 0. The van der Waals surface area contributed by atoms with Crippen LogP contribution in [0.5, 0.6) is 0 Å². The summed E-state index contributed by atoms with van der Waals surface area (Å²) < 4.78 is 0. The van der Waals surface area contributed by atoms with Crippen LogP contribution in [-0.4, -0.2) is 67.2 Å². The van der Waals surface area contributed by atoms with E-state index in [4.69, 9.17) is 15.9 Å². The molecule has 0 spiro atoms. The number of ketones is 1. The molecule has 0 aliphatic carbocycles. The zero-order valence-electron chi connectivity index (χ0n) is 16.6. The molecule has 166 valence electrons. The van der Waals surface area contributed by atoms with E-state index in [1.54, 1.807) is 17.1 Å². The van der Waals surface area contributed by atoms with Crippen molar-refractivity contribution in [2.45, 2.75) is 19.2 Å². The molecule has 1 aromatic heterocycles. The number of hydrogen-bond acceptors (Lipinski definition) is 10. The van der Waals surface area contributed by atoms with Crippen molar-refractivity contribution in [2.75, 3.05) is 18.1 Å². The first kappa shape index (κ1) is 24.1. The number of amides is 1. The van der Waals surface area contributed by atoms with Crippen LogP contribution in [0.25, 0.3) is 0 Å². The second-order valence-electron chi connectivity index (χ2n) is 6.32. The Kier molecular flexibility index (Phi) is 7.94. The maximum atomic E-state index is 11.6. The van der Waals surface area contributed by atoms with Crippen molar-refractivity contribution in [1.82, 2.24) is 9.88 Å². The number of thioether (sulfide) groups is 1. The van der Waals surface area contributed by atoms with E-state index in [1.165, 1.54) is 17.9 Å². The number of oxime groups is 1. The van der Waals surface area contributed by atoms with Gasteiger partial charge in [-0.3, -0.25) is 14.5 Å². The van der Waals surface area contributed by atoms with Crippen LogP contribution < -0.4 is 5.73 Å². The minimum Gasteiger partial charge on any atom is -0.479 e. The molecule has 1 aromatic rings. The number of carboxylic acids is 2. The fraction of sp³-hybridized carbons (Fsp3) is 0.333. The largest absolute Gasteiger partial charge is 0.479 e. The molecule has 0 aromatic carbocycles. The minimum absolute atomic E-state index is 0.00713. The summed E-state index contributed by atoms with van der Waals surface area (Å²) in [5.41, 5.74) is 6.37. The van der Waals surface area contributed by atoms with Crippen molar-refractivity contribution in [1.29, 1.82) is 0 Å². The van der Waals surface area contributed by atoms with Gasteiger partial charge in [-0.2, -0.15) is 0 Å². The van der Waals surface area contributed by atoms with Crippen molar-refractivity contribution in [3.05, 3.63) is 35.0 Å². The number of carbonyl (C=O) groups excluding carboxylic acids is 2. The molecule has 4 N–H and O–H groups in total. The molecule has 3 heterocycles. The number of carboxylic acid groups (broad SMARTS) is 2. The Morgan fingerprint density at radius 1 is 1.45 bits per heavy atom. The number of thiazole rings is 1. The maximum Gasteiger partial charge on any atom is 0.352 e. The Hall–Kier alpha value is -3.19. The molecule has 31 heavy (non-hydrogen) atoms. The lowest BCUT2D eigenvalue weighted by Crippen LogP contribution is -2.60. The Balaban J connectivity index is 0.000000220. The molecule has 0 bridgehead atoms. The third-order valence-electron chi connectivity index (χ3n) is 4.15. The standard InChI is InChI=1S/C10H11NO3S.C8H9N3O4S/c1-3-6-4-15-9-5(2)8(12)11(9)7(6)10(13)14;1-4(12)7(11-15-2-6(13)14)5-3-16-8(9)10-5/h3,5,9H,1,4H2,2H3,(H,13,14);3H,2H2,1H3,(H2,9,10)(H,13,14)/b;11-7+. The number of rotatable bonds is 7. The van der Waals surface area contributed by atoms with Crippen molar-refractivity contribution in [3.8, 4) is 0 Å². The van der Waals surface area contributed by atoms with Crippen LogP contribution in [0.15, 0.2) is 34.5 Å². The predicted octanol–water partition coefficient (Wildman–Crippen LogP) is 1.18. The molecule has 13 heteroatoms. The zero-order valence-corrected chi connectivity index (χ0v) is 18.2. The lowest BCUT2D eigenvalue weighted by molar-refractivity contribution is -0.151. The van der Waals surface area contributed by atoms with Crippen molar-refractivity contribution in [2.24, 2.45) is 11.1 Å². The van der Waals surface area contributed by atoms with Gasteiger partial charge in [0.15, 0.2) is 16.6 Å². The summed E-state index contributed by atoms with van der Waals surface area (Å²) in [4.78, 5) is 53.7. The van der Waals surface area contributed by atoms with E-state index in [-0.39, 0.29) is 40.1 Å². The Bertz CT molecular complexity index is 985. The molecule has 11 nitrogen and oxygen atoms in total. The van der Waals surface area contributed by atoms with Gasteiger partial charge in [0, 0.05) is 18.1 Å². The van der Waals surface area contributed by atoms with E-state index in [2.05, 4.69) is 21.6 Å². The van der Waals surface area contributed by atoms with E-state index in [0.717, 1.165) is 11.3 Å². The third-order valence-corrected chi connectivity index (χ3v) is 6.27. The van der Waals surface area contributed by atoms with Crippen LogP contribution in [0, 0.1) is 5.92 Å². The first-order chi connectivity index (χ1) is 14.6. The van der Waals surface area contributed by atoms with E-state index in [0.29, 0.717) is 16.5 Å². The fourth-order valence-electron chi connectivity index (χ4n) is 2.70. The molecular formula is C18H20N4O7S2. The molecule has 2 atom stereocenters. The smallest absolute Gasteiger partial charge is 0.352 e. The highest BCUT2D eigenvalue weighted by molar-refractivity contribution is 8.00. The minimum atomic E-state index is -1.18. The molecule has 1 saturated heterocycles. The number of aromatic nitrogens is 1. The van der Waals surface area contributed by atoms with Gasteiger partial charge in [0.25, 0.3) is 0 Å². The van der Waals surface area contributed by atoms with Gasteiger partial charge in [-0.1, -0.05) is 24.7 Å². The van der Waals surface area contributed by atoms with Gasteiger partial charge >= 0.3 is 11.9 Å². The molecule has 2 unspecified atom stereocenters. The first-order valence-corrected chi connectivity index (χ1v) is 10.7. The molecule has 1 fully saturated rings. The third kappa shape index (κ3) is 5.49. The average molecular weight is 469 g/mol. The van der Waals surface area contributed by atoms with E-state index >= 15 is 0 Å².